The largest absolute Gasteiger partial charge is 0.491 e. The first-order valence-electron chi connectivity index (χ1n) is 9.55. The fraction of sp³-hybridized carbons (Fsp3) is 0.650. The number of hydrogen-bond acceptors (Lipinski definition) is 3. The third kappa shape index (κ3) is 3.44. The Bertz CT molecular complexity index is 591. The number of piperidine rings is 1. The minimum absolute atomic E-state index is 0.267. The maximum Gasteiger partial charge on any atom is 0.226 e. The standard InChI is InChI=1S/C20H28N2O2/c23-20(17-5-4-6-17)22-11-12-24-19-8-7-16(13-18(19)15-22)14-21-9-2-1-3-10-21/h7-8,13,17H,1-6,9-12,14-15H2. The van der Waals surface area contributed by atoms with Crippen LogP contribution in [0.25, 0.3) is 0 Å². The smallest absolute Gasteiger partial charge is 0.226 e. The second kappa shape index (κ2) is 7.14. The van der Waals surface area contributed by atoms with E-state index in [1.807, 2.05) is 4.90 Å². The van der Waals surface area contributed by atoms with E-state index in [4.69, 9.17) is 4.74 Å². The van der Waals surface area contributed by atoms with E-state index >= 15 is 0 Å². The molecular weight excluding hydrogens is 300 g/mol. The Morgan fingerprint density at radius 1 is 1.08 bits per heavy atom. The van der Waals surface area contributed by atoms with Gasteiger partial charge in [0, 0.05) is 24.6 Å². The number of fused-ring (bicyclic) bond motifs is 1. The molecular formula is C20H28N2O2. The van der Waals surface area contributed by atoms with Crippen LogP contribution >= 0.6 is 0 Å². The molecule has 2 aliphatic heterocycles. The van der Waals surface area contributed by atoms with Crippen LogP contribution in [0.15, 0.2) is 18.2 Å². The molecule has 4 heteroatoms. The Balaban J connectivity index is 1.47. The summed E-state index contributed by atoms with van der Waals surface area (Å²) in [6.07, 6.45) is 7.34. The number of hydrogen-bond donors (Lipinski definition) is 0. The van der Waals surface area contributed by atoms with Crippen molar-refractivity contribution in [1.29, 1.82) is 0 Å². The monoisotopic (exact) mass is 328 g/mol. The molecule has 4 nitrogen and oxygen atoms in total. The average Bonchev–Trinajstić information content (AvgIpc) is 2.76. The lowest BCUT2D eigenvalue weighted by Gasteiger charge is -2.30. The van der Waals surface area contributed by atoms with Gasteiger partial charge in [0.25, 0.3) is 0 Å². The first kappa shape index (κ1) is 15.9. The van der Waals surface area contributed by atoms with Gasteiger partial charge in [-0.1, -0.05) is 18.9 Å². The highest BCUT2D eigenvalue weighted by molar-refractivity contribution is 5.79. The SMILES string of the molecule is O=C(C1CCC1)N1CCOc2ccc(CN3CCCCC3)cc2C1. The Hall–Kier alpha value is -1.55. The first-order chi connectivity index (χ1) is 11.8. The maximum atomic E-state index is 12.6. The number of carbonyl (C=O) groups excluding carboxylic acids is 1. The molecule has 1 aromatic rings. The van der Waals surface area contributed by atoms with Crippen molar-refractivity contribution >= 4 is 5.91 Å². The number of carbonyl (C=O) groups is 1. The summed E-state index contributed by atoms with van der Waals surface area (Å²) in [4.78, 5) is 17.2. The van der Waals surface area contributed by atoms with Gasteiger partial charge >= 0.3 is 0 Å². The van der Waals surface area contributed by atoms with Gasteiger partial charge in [0.2, 0.25) is 5.91 Å². The summed E-state index contributed by atoms with van der Waals surface area (Å²) in [5, 5.41) is 0. The molecule has 3 aliphatic rings. The van der Waals surface area contributed by atoms with Crippen LogP contribution in [0.4, 0.5) is 0 Å². The zero-order valence-corrected chi connectivity index (χ0v) is 14.5. The third-order valence-electron chi connectivity index (χ3n) is 5.73. The molecule has 24 heavy (non-hydrogen) atoms. The Morgan fingerprint density at radius 3 is 2.67 bits per heavy atom. The van der Waals surface area contributed by atoms with Gasteiger partial charge < -0.3 is 9.64 Å². The van der Waals surface area contributed by atoms with Crippen molar-refractivity contribution in [2.75, 3.05) is 26.2 Å². The van der Waals surface area contributed by atoms with Gasteiger partial charge in [-0.15, -0.1) is 0 Å². The molecule has 0 bridgehead atoms. The summed E-state index contributed by atoms with van der Waals surface area (Å²) in [7, 11) is 0. The highest BCUT2D eigenvalue weighted by Crippen LogP contribution is 2.31. The van der Waals surface area contributed by atoms with E-state index in [9.17, 15) is 4.79 Å². The van der Waals surface area contributed by atoms with E-state index in [2.05, 4.69) is 23.1 Å². The van der Waals surface area contributed by atoms with Crippen molar-refractivity contribution < 1.29 is 9.53 Å². The quantitative estimate of drug-likeness (QED) is 0.854. The number of ether oxygens (including phenoxy) is 1. The van der Waals surface area contributed by atoms with E-state index in [-0.39, 0.29) is 5.92 Å². The molecule has 0 N–H and O–H groups in total. The fourth-order valence-corrected chi connectivity index (χ4v) is 4.02. The molecule has 0 spiro atoms. The zero-order chi connectivity index (χ0) is 16.4. The molecule has 1 amide bonds. The summed E-state index contributed by atoms with van der Waals surface area (Å²) in [5.41, 5.74) is 2.52. The predicted octanol–water partition coefficient (Wildman–Crippen LogP) is 3.19. The number of amides is 1. The van der Waals surface area contributed by atoms with Crippen molar-refractivity contribution in [3.05, 3.63) is 29.3 Å². The summed E-state index contributed by atoms with van der Waals surface area (Å²) < 4.78 is 5.90. The molecule has 1 saturated heterocycles. The van der Waals surface area contributed by atoms with E-state index in [0.29, 0.717) is 25.6 Å². The molecule has 130 valence electrons. The molecule has 0 atom stereocenters. The number of nitrogens with zero attached hydrogens (tertiary/aromatic N) is 2. The highest BCUT2D eigenvalue weighted by atomic mass is 16.5. The molecule has 0 radical (unpaired) electrons. The van der Waals surface area contributed by atoms with Gasteiger partial charge in [-0.3, -0.25) is 9.69 Å². The molecule has 4 rings (SSSR count). The molecule has 2 fully saturated rings. The van der Waals surface area contributed by atoms with Gasteiger partial charge in [0.1, 0.15) is 12.4 Å². The Morgan fingerprint density at radius 2 is 1.92 bits per heavy atom. The Kier molecular flexibility index (Phi) is 4.74. The van der Waals surface area contributed by atoms with Crippen molar-refractivity contribution in [2.45, 2.75) is 51.6 Å². The number of benzene rings is 1. The van der Waals surface area contributed by atoms with E-state index < -0.39 is 0 Å². The molecule has 1 aliphatic carbocycles. The van der Waals surface area contributed by atoms with E-state index in [1.54, 1.807) is 0 Å². The topological polar surface area (TPSA) is 32.8 Å². The molecule has 1 aromatic carbocycles. The summed E-state index contributed by atoms with van der Waals surface area (Å²) in [6, 6.07) is 6.55. The third-order valence-corrected chi connectivity index (χ3v) is 5.73. The summed E-state index contributed by atoms with van der Waals surface area (Å²) in [6.45, 7) is 5.46. The van der Waals surface area contributed by atoms with E-state index in [1.165, 1.54) is 49.9 Å². The van der Waals surface area contributed by atoms with Crippen molar-refractivity contribution in [2.24, 2.45) is 5.92 Å². The summed E-state index contributed by atoms with van der Waals surface area (Å²) in [5.74, 6) is 1.56. The van der Waals surface area contributed by atoms with Crippen LogP contribution in [-0.2, 0) is 17.9 Å². The summed E-state index contributed by atoms with van der Waals surface area (Å²) >= 11 is 0. The first-order valence-corrected chi connectivity index (χ1v) is 9.55. The van der Waals surface area contributed by atoms with Crippen LogP contribution in [0.5, 0.6) is 5.75 Å². The van der Waals surface area contributed by atoms with E-state index in [0.717, 1.165) is 25.1 Å². The minimum Gasteiger partial charge on any atom is -0.491 e. The number of rotatable bonds is 3. The lowest BCUT2D eigenvalue weighted by Crippen LogP contribution is -2.39. The van der Waals surface area contributed by atoms with Gasteiger partial charge in [0.05, 0.1) is 6.54 Å². The molecule has 0 aromatic heterocycles. The normalized spacial score (nSPS) is 22.2. The van der Waals surface area contributed by atoms with Crippen LogP contribution in [0, 0.1) is 5.92 Å². The molecule has 2 heterocycles. The van der Waals surface area contributed by atoms with Crippen molar-refractivity contribution in [3.63, 3.8) is 0 Å². The number of likely N-dealkylation sites (tertiary alicyclic amines) is 1. The lowest BCUT2D eigenvalue weighted by molar-refractivity contribution is -0.138. The zero-order valence-electron chi connectivity index (χ0n) is 14.5. The molecule has 1 saturated carbocycles. The maximum absolute atomic E-state index is 12.6. The van der Waals surface area contributed by atoms with Crippen LogP contribution in [0.2, 0.25) is 0 Å². The average molecular weight is 328 g/mol. The van der Waals surface area contributed by atoms with Gasteiger partial charge in [0.15, 0.2) is 0 Å². The Labute approximate surface area is 144 Å². The minimum atomic E-state index is 0.267. The van der Waals surface area contributed by atoms with Crippen LogP contribution < -0.4 is 4.74 Å². The van der Waals surface area contributed by atoms with Crippen LogP contribution in [0.3, 0.4) is 0 Å². The highest BCUT2D eigenvalue weighted by Gasteiger charge is 2.30. The lowest BCUT2D eigenvalue weighted by atomic mass is 9.84. The second-order valence-electron chi connectivity index (χ2n) is 7.51. The van der Waals surface area contributed by atoms with Crippen LogP contribution in [0.1, 0.15) is 49.7 Å². The van der Waals surface area contributed by atoms with Gasteiger partial charge in [-0.25, -0.2) is 0 Å². The van der Waals surface area contributed by atoms with Crippen LogP contribution in [-0.4, -0.2) is 41.9 Å². The van der Waals surface area contributed by atoms with Crippen molar-refractivity contribution in [3.8, 4) is 5.75 Å². The predicted molar refractivity (Wildman–Crippen MR) is 93.8 cm³/mol. The second-order valence-corrected chi connectivity index (χ2v) is 7.51. The van der Waals surface area contributed by atoms with Gasteiger partial charge in [-0.2, -0.15) is 0 Å². The van der Waals surface area contributed by atoms with Gasteiger partial charge in [-0.05, 0) is 56.5 Å². The fourth-order valence-electron chi connectivity index (χ4n) is 4.02. The molecule has 0 unspecified atom stereocenters. The van der Waals surface area contributed by atoms with Crippen molar-refractivity contribution in [1.82, 2.24) is 9.80 Å².